The number of hydrogen-bond acceptors (Lipinski definition) is 5. The third-order valence-electron chi connectivity index (χ3n) is 4.84. The molecule has 0 bridgehead atoms. The van der Waals surface area contributed by atoms with Crippen molar-refractivity contribution in [2.45, 2.75) is 52.3 Å². The first-order chi connectivity index (χ1) is 13.5. The number of nitrogens with one attached hydrogen (secondary N) is 2. The minimum absolute atomic E-state index is 0.154. The van der Waals surface area contributed by atoms with Crippen LogP contribution in [-0.4, -0.2) is 68.0 Å². The molecule has 1 aromatic carbocycles. The van der Waals surface area contributed by atoms with E-state index in [1.165, 1.54) is 0 Å². The number of likely N-dealkylation sites (tertiary alicyclic amines) is 1. The van der Waals surface area contributed by atoms with Crippen LogP contribution >= 0.6 is 0 Å². The summed E-state index contributed by atoms with van der Waals surface area (Å²) >= 11 is 0. The van der Waals surface area contributed by atoms with Gasteiger partial charge in [-0.05, 0) is 39.7 Å². The highest BCUT2D eigenvalue weighted by atomic mass is 16.5. The summed E-state index contributed by atoms with van der Waals surface area (Å²) in [5, 5.41) is 17.1. The minimum atomic E-state index is 0.154. The number of phenolic OH excluding ortho intramolecular Hbond substituents is 1. The standard InChI is InChI=1S/C21H36N4O3/c1-5-22-21(23-15-17-7-6-8-19(27-4)20(17)26)24-18-9-11-25(12-10-18)13-14-28-16(2)3/h6-8,16,18,26H,5,9-15H2,1-4H3,(H2,22,23,24). The Labute approximate surface area is 169 Å². The molecule has 3 N–H and O–H groups in total. The van der Waals surface area contributed by atoms with Crippen molar-refractivity contribution in [1.82, 2.24) is 15.5 Å². The van der Waals surface area contributed by atoms with Crippen molar-refractivity contribution in [3.8, 4) is 11.5 Å². The zero-order chi connectivity index (χ0) is 20.4. The van der Waals surface area contributed by atoms with Crippen LogP contribution in [0.2, 0.25) is 0 Å². The molecule has 0 atom stereocenters. The molecule has 0 amide bonds. The number of aliphatic imine (C=N–C) groups is 1. The second-order valence-electron chi connectivity index (χ2n) is 7.34. The lowest BCUT2D eigenvalue weighted by molar-refractivity contribution is 0.0532. The van der Waals surface area contributed by atoms with E-state index >= 15 is 0 Å². The van der Waals surface area contributed by atoms with Gasteiger partial charge in [0.2, 0.25) is 0 Å². The fourth-order valence-electron chi connectivity index (χ4n) is 3.26. The fourth-order valence-corrected chi connectivity index (χ4v) is 3.26. The highest BCUT2D eigenvalue weighted by Crippen LogP contribution is 2.29. The van der Waals surface area contributed by atoms with Gasteiger partial charge in [0, 0.05) is 37.8 Å². The van der Waals surface area contributed by atoms with E-state index in [0.717, 1.165) is 57.2 Å². The molecule has 0 aromatic heterocycles. The summed E-state index contributed by atoms with van der Waals surface area (Å²) in [6, 6.07) is 5.87. The molecule has 0 aliphatic carbocycles. The Morgan fingerprint density at radius 1 is 1.32 bits per heavy atom. The summed E-state index contributed by atoms with van der Waals surface area (Å²) in [7, 11) is 1.55. The van der Waals surface area contributed by atoms with Crippen molar-refractivity contribution < 1.29 is 14.6 Å². The van der Waals surface area contributed by atoms with Gasteiger partial charge in [-0.25, -0.2) is 4.99 Å². The Morgan fingerprint density at radius 2 is 2.07 bits per heavy atom. The molecular formula is C21H36N4O3. The Kier molecular flexibility index (Phi) is 9.37. The Morgan fingerprint density at radius 3 is 2.71 bits per heavy atom. The number of methoxy groups -OCH3 is 1. The summed E-state index contributed by atoms with van der Waals surface area (Å²) < 4.78 is 10.8. The lowest BCUT2D eigenvalue weighted by Gasteiger charge is -2.33. The third-order valence-corrected chi connectivity index (χ3v) is 4.84. The van der Waals surface area contributed by atoms with E-state index in [4.69, 9.17) is 9.47 Å². The van der Waals surface area contributed by atoms with Crippen molar-refractivity contribution in [1.29, 1.82) is 0 Å². The Bertz CT molecular complexity index is 614. The zero-order valence-corrected chi connectivity index (χ0v) is 17.7. The number of rotatable bonds is 9. The van der Waals surface area contributed by atoms with E-state index in [9.17, 15) is 5.11 Å². The largest absolute Gasteiger partial charge is 0.504 e. The number of guanidine groups is 1. The van der Waals surface area contributed by atoms with Gasteiger partial charge in [0.15, 0.2) is 17.5 Å². The number of piperidine rings is 1. The lowest BCUT2D eigenvalue weighted by Crippen LogP contribution is -2.49. The third kappa shape index (κ3) is 7.20. The van der Waals surface area contributed by atoms with Crippen molar-refractivity contribution in [2.75, 3.05) is 39.9 Å². The van der Waals surface area contributed by atoms with Gasteiger partial charge in [-0.2, -0.15) is 0 Å². The molecule has 1 heterocycles. The van der Waals surface area contributed by atoms with Crippen LogP contribution in [0.3, 0.4) is 0 Å². The van der Waals surface area contributed by atoms with Gasteiger partial charge in [0.25, 0.3) is 0 Å². The molecule has 2 rings (SSSR count). The predicted octanol–water partition coefficient (Wildman–Crippen LogP) is 2.35. The van der Waals surface area contributed by atoms with Crippen LogP contribution in [-0.2, 0) is 11.3 Å². The van der Waals surface area contributed by atoms with E-state index in [2.05, 4.69) is 41.3 Å². The van der Waals surface area contributed by atoms with Gasteiger partial charge in [0.05, 0.1) is 26.4 Å². The highest BCUT2D eigenvalue weighted by Gasteiger charge is 2.20. The van der Waals surface area contributed by atoms with E-state index in [1.807, 2.05) is 12.1 Å². The second-order valence-corrected chi connectivity index (χ2v) is 7.34. The number of para-hydroxylation sites is 1. The maximum atomic E-state index is 10.2. The molecule has 1 aliphatic rings. The minimum Gasteiger partial charge on any atom is -0.504 e. The van der Waals surface area contributed by atoms with Crippen molar-refractivity contribution in [3.63, 3.8) is 0 Å². The number of ether oxygens (including phenoxy) is 2. The summed E-state index contributed by atoms with van der Waals surface area (Å²) in [6.45, 7) is 11.3. The molecule has 1 aliphatic heterocycles. The van der Waals surface area contributed by atoms with Gasteiger partial charge >= 0.3 is 0 Å². The molecular weight excluding hydrogens is 356 g/mol. The maximum Gasteiger partial charge on any atom is 0.191 e. The predicted molar refractivity (Wildman–Crippen MR) is 113 cm³/mol. The molecule has 1 aromatic rings. The Hall–Kier alpha value is -1.99. The molecule has 28 heavy (non-hydrogen) atoms. The average Bonchev–Trinajstić information content (AvgIpc) is 2.68. The molecule has 7 nitrogen and oxygen atoms in total. The molecule has 0 unspecified atom stereocenters. The van der Waals surface area contributed by atoms with Gasteiger partial charge in [0.1, 0.15) is 0 Å². The van der Waals surface area contributed by atoms with Gasteiger partial charge in [-0.15, -0.1) is 0 Å². The van der Waals surface area contributed by atoms with Crippen LogP contribution in [0.15, 0.2) is 23.2 Å². The summed E-state index contributed by atoms with van der Waals surface area (Å²) in [5.41, 5.74) is 0.747. The van der Waals surface area contributed by atoms with Crippen LogP contribution in [0.5, 0.6) is 11.5 Å². The second kappa shape index (κ2) is 11.8. The molecule has 0 radical (unpaired) electrons. The summed E-state index contributed by atoms with van der Waals surface area (Å²) in [5.74, 6) is 1.41. The lowest BCUT2D eigenvalue weighted by atomic mass is 10.1. The number of aromatic hydroxyl groups is 1. The van der Waals surface area contributed by atoms with Crippen LogP contribution in [0.1, 0.15) is 39.2 Å². The van der Waals surface area contributed by atoms with E-state index in [0.29, 0.717) is 24.4 Å². The number of benzene rings is 1. The van der Waals surface area contributed by atoms with E-state index < -0.39 is 0 Å². The normalized spacial score (nSPS) is 16.4. The molecule has 0 saturated carbocycles. The van der Waals surface area contributed by atoms with Crippen LogP contribution in [0.25, 0.3) is 0 Å². The highest BCUT2D eigenvalue weighted by molar-refractivity contribution is 5.80. The fraction of sp³-hybridized carbons (Fsp3) is 0.667. The number of hydrogen-bond donors (Lipinski definition) is 3. The van der Waals surface area contributed by atoms with Crippen molar-refractivity contribution in [2.24, 2.45) is 4.99 Å². The summed E-state index contributed by atoms with van der Waals surface area (Å²) in [6.07, 6.45) is 2.45. The van der Waals surface area contributed by atoms with Crippen LogP contribution < -0.4 is 15.4 Å². The first-order valence-electron chi connectivity index (χ1n) is 10.3. The van der Waals surface area contributed by atoms with Crippen molar-refractivity contribution >= 4 is 5.96 Å². The van der Waals surface area contributed by atoms with Gasteiger partial charge in [-0.1, -0.05) is 12.1 Å². The topological polar surface area (TPSA) is 78.4 Å². The van der Waals surface area contributed by atoms with Gasteiger partial charge in [-0.3, -0.25) is 0 Å². The van der Waals surface area contributed by atoms with E-state index in [1.54, 1.807) is 13.2 Å². The zero-order valence-electron chi connectivity index (χ0n) is 17.7. The van der Waals surface area contributed by atoms with Crippen LogP contribution in [0, 0.1) is 0 Å². The first-order valence-corrected chi connectivity index (χ1v) is 10.3. The molecule has 158 valence electrons. The van der Waals surface area contributed by atoms with Crippen molar-refractivity contribution in [3.05, 3.63) is 23.8 Å². The summed E-state index contributed by atoms with van der Waals surface area (Å²) in [4.78, 5) is 7.10. The van der Waals surface area contributed by atoms with Gasteiger partial charge < -0.3 is 30.1 Å². The molecule has 1 fully saturated rings. The molecule has 0 spiro atoms. The number of nitrogens with zero attached hydrogens (tertiary/aromatic N) is 2. The van der Waals surface area contributed by atoms with E-state index in [-0.39, 0.29) is 5.75 Å². The quantitative estimate of drug-likeness (QED) is 0.442. The SMILES string of the molecule is CCNC(=NCc1cccc(OC)c1O)NC1CCN(CCOC(C)C)CC1. The number of phenols is 1. The smallest absolute Gasteiger partial charge is 0.191 e. The monoisotopic (exact) mass is 392 g/mol. The maximum absolute atomic E-state index is 10.2. The van der Waals surface area contributed by atoms with Crippen LogP contribution in [0.4, 0.5) is 0 Å². The first kappa shape index (κ1) is 22.3. The molecule has 7 heteroatoms. The molecule has 1 saturated heterocycles. The average molecular weight is 393 g/mol. The Balaban J connectivity index is 1.85.